The third-order valence-corrected chi connectivity index (χ3v) is 8.07. The molecule has 0 aliphatic rings. The summed E-state index contributed by atoms with van der Waals surface area (Å²) in [5, 5.41) is 9.76. The zero-order valence-corrected chi connectivity index (χ0v) is 21.2. The number of fused-ring (bicyclic) bond motifs is 11. The van der Waals surface area contributed by atoms with Crippen molar-refractivity contribution in [3.63, 3.8) is 0 Å². The van der Waals surface area contributed by atoms with E-state index in [4.69, 9.17) is 13.9 Å². The molecule has 0 aliphatic heterocycles. The lowest BCUT2D eigenvalue weighted by molar-refractivity contribution is 0.414. The Morgan fingerprint density at radius 2 is 1.32 bits per heavy atom. The van der Waals surface area contributed by atoms with Crippen LogP contribution in [-0.4, -0.2) is 18.6 Å². The van der Waals surface area contributed by atoms with Gasteiger partial charge in [0, 0.05) is 44.5 Å². The number of rotatable bonds is 3. The van der Waals surface area contributed by atoms with Gasteiger partial charge in [-0.2, -0.15) is 0 Å². The summed E-state index contributed by atoms with van der Waals surface area (Å²) in [6.07, 6.45) is 0. The van der Waals surface area contributed by atoms with Crippen molar-refractivity contribution in [1.82, 2.24) is 4.40 Å². The first-order valence-electron chi connectivity index (χ1n) is 12.7. The highest BCUT2D eigenvalue weighted by molar-refractivity contribution is 6.27. The van der Waals surface area contributed by atoms with Crippen molar-refractivity contribution < 1.29 is 13.9 Å². The fourth-order valence-electron chi connectivity index (χ4n) is 6.21. The molecule has 0 spiro atoms. The average Bonchev–Trinajstić information content (AvgIpc) is 3.56. The maximum atomic E-state index is 6.26. The monoisotopic (exact) mass is 483 g/mol. The molecule has 8 aromatic rings. The van der Waals surface area contributed by atoms with Crippen LogP contribution in [0.2, 0.25) is 0 Å². The predicted molar refractivity (Wildman–Crippen MR) is 153 cm³/mol. The van der Waals surface area contributed by atoms with Crippen LogP contribution in [0, 0.1) is 0 Å². The molecule has 5 aromatic carbocycles. The van der Waals surface area contributed by atoms with Gasteiger partial charge in [0.2, 0.25) is 0 Å². The van der Waals surface area contributed by atoms with Gasteiger partial charge in [-0.05, 0) is 76.9 Å². The van der Waals surface area contributed by atoms with Gasteiger partial charge in [-0.25, -0.2) is 0 Å². The summed E-state index contributed by atoms with van der Waals surface area (Å²) in [6, 6.07) is 26.2. The Morgan fingerprint density at radius 3 is 2.08 bits per heavy atom. The summed E-state index contributed by atoms with van der Waals surface area (Å²) in [4.78, 5) is 0. The second kappa shape index (κ2) is 7.07. The van der Waals surface area contributed by atoms with Gasteiger partial charge >= 0.3 is 0 Å². The SMILES string of the molecule is COc1ccc2c(c1)oc1ccc3cc4c(cc3c12)c1cc(C(C)C)cc2c3ccc(OC)cc3n4c21. The molecule has 0 saturated heterocycles. The minimum absolute atomic E-state index is 0.432. The molecular weight excluding hydrogens is 458 g/mol. The Balaban J connectivity index is 1.59. The summed E-state index contributed by atoms with van der Waals surface area (Å²) < 4.78 is 19.7. The highest BCUT2D eigenvalue weighted by atomic mass is 16.5. The van der Waals surface area contributed by atoms with Gasteiger partial charge in [0.05, 0.1) is 30.8 Å². The fourth-order valence-corrected chi connectivity index (χ4v) is 6.21. The van der Waals surface area contributed by atoms with E-state index in [1.54, 1.807) is 14.2 Å². The molecule has 8 rings (SSSR count). The summed E-state index contributed by atoms with van der Waals surface area (Å²) in [5.41, 5.74) is 6.75. The molecule has 0 unspecified atom stereocenters. The molecule has 0 N–H and O–H groups in total. The fraction of sp³-hybridized carbons (Fsp3) is 0.152. The molecule has 0 saturated carbocycles. The zero-order chi connectivity index (χ0) is 25.0. The molecule has 0 fully saturated rings. The first-order valence-corrected chi connectivity index (χ1v) is 12.7. The van der Waals surface area contributed by atoms with E-state index in [-0.39, 0.29) is 0 Å². The summed E-state index contributed by atoms with van der Waals surface area (Å²) in [6.45, 7) is 4.53. The van der Waals surface area contributed by atoms with Gasteiger partial charge in [0.15, 0.2) is 0 Å². The molecule has 0 atom stereocenters. The van der Waals surface area contributed by atoms with Crippen LogP contribution in [0.5, 0.6) is 11.5 Å². The first kappa shape index (κ1) is 20.7. The Labute approximate surface area is 212 Å². The molecule has 4 heteroatoms. The molecule has 180 valence electrons. The van der Waals surface area contributed by atoms with Gasteiger partial charge in [-0.3, -0.25) is 0 Å². The van der Waals surface area contributed by atoms with Crippen LogP contribution in [0.15, 0.2) is 77.2 Å². The first-order chi connectivity index (χ1) is 18.1. The van der Waals surface area contributed by atoms with E-state index in [0.717, 1.165) is 33.4 Å². The number of ether oxygens (including phenoxy) is 2. The number of aromatic nitrogens is 1. The summed E-state index contributed by atoms with van der Waals surface area (Å²) in [7, 11) is 3.41. The van der Waals surface area contributed by atoms with Crippen LogP contribution in [0.25, 0.3) is 70.8 Å². The van der Waals surface area contributed by atoms with E-state index < -0.39 is 0 Å². The van der Waals surface area contributed by atoms with Crippen molar-refractivity contribution in [1.29, 1.82) is 0 Å². The quantitative estimate of drug-likeness (QED) is 0.251. The third-order valence-electron chi connectivity index (χ3n) is 8.07. The molecule has 0 bridgehead atoms. The highest BCUT2D eigenvalue weighted by Crippen LogP contribution is 2.44. The van der Waals surface area contributed by atoms with Gasteiger partial charge in [-0.1, -0.05) is 19.9 Å². The van der Waals surface area contributed by atoms with Gasteiger partial charge in [-0.15, -0.1) is 0 Å². The molecule has 3 aromatic heterocycles. The van der Waals surface area contributed by atoms with Crippen molar-refractivity contribution in [3.8, 4) is 11.5 Å². The summed E-state index contributed by atoms with van der Waals surface area (Å²) in [5.74, 6) is 2.10. The maximum Gasteiger partial charge on any atom is 0.139 e. The van der Waals surface area contributed by atoms with Crippen LogP contribution < -0.4 is 9.47 Å². The average molecular weight is 484 g/mol. The molecular formula is C33H25NO3. The normalized spacial score (nSPS) is 12.6. The lowest BCUT2D eigenvalue weighted by atomic mass is 9.96. The smallest absolute Gasteiger partial charge is 0.139 e. The van der Waals surface area contributed by atoms with Gasteiger partial charge in [0.1, 0.15) is 22.7 Å². The molecule has 0 amide bonds. The van der Waals surface area contributed by atoms with Crippen LogP contribution in [0.3, 0.4) is 0 Å². The number of benzene rings is 5. The Morgan fingerprint density at radius 1 is 0.622 bits per heavy atom. The Hall–Kier alpha value is -4.44. The van der Waals surface area contributed by atoms with Crippen molar-refractivity contribution >= 4 is 70.8 Å². The molecule has 0 aliphatic carbocycles. The molecule has 4 nitrogen and oxygen atoms in total. The molecule has 3 heterocycles. The van der Waals surface area contributed by atoms with Crippen LogP contribution >= 0.6 is 0 Å². The Kier molecular flexibility index (Phi) is 3.96. The number of nitrogens with zero attached hydrogens (tertiary/aromatic N) is 1. The number of hydrogen-bond donors (Lipinski definition) is 0. The number of methoxy groups -OCH3 is 2. The zero-order valence-electron chi connectivity index (χ0n) is 21.2. The van der Waals surface area contributed by atoms with Crippen LogP contribution in [0.1, 0.15) is 25.3 Å². The van der Waals surface area contributed by atoms with Crippen molar-refractivity contribution in [2.75, 3.05) is 14.2 Å². The minimum Gasteiger partial charge on any atom is -0.497 e. The van der Waals surface area contributed by atoms with E-state index in [2.05, 4.69) is 78.9 Å². The highest BCUT2D eigenvalue weighted by Gasteiger charge is 2.21. The lowest BCUT2D eigenvalue weighted by Gasteiger charge is -2.07. The van der Waals surface area contributed by atoms with Crippen molar-refractivity contribution in [2.45, 2.75) is 19.8 Å². The van der Waals surface area contributed by atoms with E-state index in [0.29, 0.717) is 5.92 Å². The van der Waals surface area contributed by atoms with E-state index in [1.807, 2.05) is 12.1 Å². The lowest BCUT2D eigenvalue weighted by Crippen LogP contribution is -1.86. The van der Waals surface area contributed by atoms with Crippen molar-refractivity contribution in [2.24, 2.45) is 0 Å². The molecule has 37 heavy (non-hydrogen) atoms. The number of hydrogen-bond acceptors (Lipinski definition) is 3. The standard InChI is InChI=1S/C33H25NO3/c1-17(2)19-11-26-22-8-6-20(35-3)14-29(22)34-28-13-18-5-10-30-32(23-9-7-21(36-4)15-31(23)37-30)24(18)16-25(28)27(12-19)33(26)34/h5-17H,1-4H3. The topological polar surface area (TPSA) is 36.0 Å². The van der Waals surface area contributed by atoms with Crippen LogP contribution in [0.4, 0.5) is 0 Å². The van der Waals surface area contributed by atoms with E-state index >= 15 is 0 Å². The van der Waals surface area contributed by atoms with Gasteiger partial charge in [0.25, 0.3) is 0 Å². The minimum atomic E-state index is 0.432. The van der Waals surface area contributed by atoms with Gasteiger partial charge < -0.3 is 18.3 Å². The predicted octanol–water partition coefficient (Wildman–Crippen LogP) is 9.03. The second-order valence-corrected chi connectivity index (χ2v) is 10.3. The Bertz CT molecular complexity index is 2200. The van der Waals surface area contributed by atoms with E-state index in [9.17, 15) is 0 Å². The van der Waals surface area contributed by atoms with Crippen molar-refractivity contribution in [3.05, 3.63) is 78.4 Å². The van der Waals surface area contributed by atoms with E-state index in [1.165, 1.54) is 54.4 Å². The largest absolute Gasteiger partial charge is 0.497 e. The number of furan rings is 1. The van der Waals surface area contributed by atoms with Crippen LogP contribution in [-0.2, 0) is 0 Å². The second-order valence-electron chi connectivity index (χ2n) is 10.3. The molecule has 0 radical (unpaired) electrons. The summed E-state index contributed by atoms with van der Waals surface area (Å²) >= 11 is 0. The maximum absolute atomic E-state index is 6.26. The third kappa shape index (κ3) is 2.62.